The van der Waals surface area contributed by atoms with E-state index in [2.05, 4.69) is 15.4 Å². The summed E-state index contributed by atoms with van der Waals surface area (Å²) < 4.78 is 34.1. The van der Waals surface area contributed by atoms with Gasteiger partial charge in [0.2, 0.25) is 17.7 Å². The molecule has 8 nitrogen and oxygen atoms in total. The summed E-state index contributed by atoms with van der Waals surface area (Å²) in [5, 5.41) is 4.78. The van der Waals surface area contributed by atoms with Gasteiger partial charge in [0.1, 0.15) is 11.5 Å². The van der Waals surface area contributed by atoms with Gasteiger partial charge in [0.05, 0.1) is 12.1 Å². The Morgan fingerprint density at radius 3 is 2.52 bits per heavy atom. The van der Waals surface area contributed by atoms with Crippen LogP contribution in [0.5, 0.6) is 0 Å². The normalized spacial score (nSPS) is 23.3. The maximum Gasteiger partial charge on any atom is 0.417 e. The Kier molecular flexibility index (Phi) is 9.93. The summed E-state index contributed by atoms with van der Waals surface area (Å²) in [5.41, 5.74) is -1.21. The Morgan fingerprint density at radius 2 is 1.97 bits per heavy atom. The molecule has 0 aromatic heterocycles. The fraction of sp³-hybridized carbons (Fsp3) is 0.818. The Bertz CT molecular complexity index is 714. The minimum atomic E-state index is -2.64. The Labute approximate surface area is 197 Å². The molecule has 3 N–H and O–H groups in total. The third-order valence-corrected chi connectivity index (χ3v) is 7.03. The highest BCUT2D eigenvalue weighted by Crippen LogP contribution is 2.36. The Morgan fingerprint density at radius 1 is 1.30 bits per heavy atom. The highest BCUT2D eigenvalue weighted by Gasteiger charge is 2.37. The summed E-state index contributed by atoms with van der Waals surface area (Å²) in [5.74, 6) is -3.49. The van der Waals surface area contributed by atoms with Gasteiger partial charge in [-0.05, 0) is 62.8 Å². The van der Waals surface area contributed by atoms with Crippen molar-refractivity contribution >= 4 is 36.1 Å². The molecule has 33 heavy (non-hydrogen) atoms. The summed E-state index contributed by atoms with van der Waals surface area (Å²) in [7, 11) is 0. The van der Waals surface area contributed by atoms with Gasteiger partial charge in [-0.15, -0.1) is 0 Å². The number of rotatable bonds is 11. The van der Waals surface area contributed by atoms with Gasteiger partial charge in [-0.2, -0.15) is 0 Å². The SMILES string of the molecule is CC(C)C[C@H](SNC(=O)OCC1CCC(F)(F)CC1)C(=O)NC(C)(C=O)CC1CCNC1=O. The van der Waals surface area contributed by atoms with Crippen LogP contribution >= 0.6 is 11.9 Å². The summed E-state index contributed by atoms with van der Waals surface area (Å²) >= 11 is 0.895. The highest BCUT2D eigenvalue weighted by atomic mass is 32.2. The van der Waals surface area contributed by atoms with Crippen molar-refractivity contribution in [2.45, 2.75) is 82.4 Å². The van der Waals surface area contributed by atoms with Gasteiger partial charge in [0, 0.05) is 25.3 Å². The number of halogens is 2. The lowest BCUT2D eigenvalue weighted by Crippen LogP contribution is -2.52. The molecule has 3 atom stereocenters. The molecule has 1 aliphatic carbocycles. The zero-order chi connectivity index (χ0) is 24.6. The van der Waals surface area contributed by atoms with E-state index >= 15 is 0 Å². The highest BCUT2D eigenvalue weighted by molar-refractivity contribution is 7.99. The molecule has 0 aromatic rings. The molecule has 0 bridgehead atoms. The number of amides is 3. The van der Waals surface area contributed by atoms with Gasteiger partial charge < -0.3 is 20.2 Å². The van der Waals surface area contributed by atoms with Crippen molar-refractivity contribution in [1.29, 1.82) is 0 Å². The second-order valence-corrected chi connectivity index (χ2v) is 10.8. The van der Waals surface area contributed by atoms with Crippen LogP contribution in [-0.2, 0) is 19.1 Å². The van der Waals surface area contributed by atoms with E-state index in [1.165, 1.54) is 0 Å². The minimum absolute atomic E-state index is 0.0518. The molecule has 188 valence electrons. The van der Waals surface area contributed by atoms with Crippen LogP contribution in [0.4, 0.5) is 13.6 Å². The smallest absolute Gasteiger partial charge is 0.417 e. The maximum absolute atomic E-state index is 13.2. The molecule has 3 amide bonds. The van der Waals surface area contributed by atoms with Crippen molar-refractivity contribution in [2.75, 3.05) is 13.2 Å². The molecular weight excluding hydrogens is 456 g/mol. The lowest BCUT2D eigenvalue weighted by Gasteiger charge is -2.29. The number of ether oxygens (including phenoxy) is 1. The van der Waals surface area contributed by atoms with Crippen molar-refractivity contribution in [3.05, 3.63) is 0 Å². The lowest BCUT2D eigenvalue weighted by atomic mass is 9.87. The zero-order valence-corrected chi connectivity index (χ0v) is 20.3. The number of alkyl halides is 2. The number of carbonyl (C=O) groups is 4. The second kappa shape index (κ2) is 12.0. The van der Waals surface area contributed by atoms with Gasteiger partial charge in [-0.3, -0.25) is 14.3 Å². The molecule has 1 saturated carbocycles. The third kappa shape index (κ3) is 9.10. The van der Waals surface area contributed by atoms with Crippen LogP contribution in [0.3, 0.4) is 0 Å². The molecule has 2 unspecified atom stereocenters. The maximum atomic E-state index is 13.2. The van der Waals surface area contributed by atoms with Gasteiger partial charge >= 0.3 is 6.09 Å². The van der Waals surface area contributed by atoms with E-state index in [-0.39, 0.29) is 49.5 Å². The molecule has 11 heteroatoms. The van der Waals surface area contributed by atoms with Gasteiger partial charge in [0.15, 0.2) is 0 Å². The van der Waals surface area contributed by atoms with E-state index < -0.39 is 28.7 Å². The summed E-state index contributed by atoms with van der Waals surface area (Å²) in [6, 6.07) is 0. The van der Waals surface area contributed by atoms with Gasteiger partial charge in [-0.1, -0.05) is 13.8 Å². The summed E-state index contributed by atoms with van der Waals surface area (Å²) in [6.45, 7) is 6.04. The third-order valence-electron chi connectivity index (χ3n) is 6.05. The Hall–Kier alpha value is -1.91. The van der Waals surface area contributed by atoms with Crippen LogP contribution in [0.25, 0.3) is 0 Å². The second-order valence-electron chi connectivity index (χ2n) is 9.74. The number of hydrogen-bond donors (Lipinski definition) is 3. The molecule has 1 heterocycles. The first-order valence-corrected chi connectivity index (χ1v) is 12.3. The van der Waals surface area contributed by atoms with Crippen LogP contribution in [0.1, 0.15) is 65.7 Å². The van der Waals surface area contributed by atoms with Crippen LogP contribution in [-0.4, -0.2) is 54.1 Å². The van der Waals surface area contributed by atoms with E-state index in [9.17, 15) is 28.0 Å². The van der Waals surface area contributed by atoms with E-state index in [1.54, 1.807) is 6.92 Å². The lowest BCUT2D eigenvalue weighted by molar-refractivity contribution is -0.128. The van der Waals surface area contributed by atoms with Gasteiger partial charge in [0.25, 0.3) is 0 Å². The van der Waals surface area contributed by atoms with E-state index in [4.69, 9.17) is 4.74 Å². The van der Waals surface area contributed by atoms with Crippen molar-refractivity contribution in [3.8, 4) is 0 Å². The standard InChI is InChI=1S/C22H35F2N3O5S/c1-14(2)10-17(19(30)26-21(3,13-28)11-16-6-9-25-18(16)29)33-27-20(31)32-12-15-4-7-22(23,24)8-5-15/h13-17H,4-12H2,1-3H3,(H,25,29)(H,26,30)(H,27,31)/t16?,17-,21?/m0/s1. The molecule has 2 aliphatic rings. The number of carbonyl (C=O) groups excluding carboxylic acids is 4. The topological polar surface area (TPSA) is 114 Å². The first kappa shape index (κ1) is 27.3. The van der Waals surface area contributed by atoms with Crippen LogP contribution in [0, 0.1) is 17.8 Å². The number of nitrogens with one attached hydrogen (secondary N) is 3. The van der Waals surface area contributed by atoms with E-state index in [0.29, 0.717) is 38.5 Å². The van der Waals surface area contributed by atoms with Crippen LogP contribution in [0.2, 0.25) is 0 Å². The van der Waals surface area contributed by atoms with Crippen LogP contribution in [0.15, 0.2) is 0 Å². The summed E-state index contributed by atoms with van der Waals surface area (Å²) in [4.78, 5) is 48.7. The quantitative estimate of drug-likeness (QED) is 0.302. The molecule has 1 aliphatic heterocycles. The van der Waals surface area contributed by atoms with E-state index in [1.807, 2.05) is 13.8 Å². The van der Waals surface area contributed by atoms with Crippen molar-refractivity contribution in [2.24, 2.45) is 17.8 Å². The van der Waals surface area contributed by atoms with Crippen LogP contribution < -0.4 is 15.4 Å². The van der Waals surface area contributed by atoms with Gasteiger partial charge in [-0.25, -0.2) is 13.6 Å². The monoisotopic (exact) mass is 491 g/mol. The molecule has 0 aromatic carbocycles. The summed E-state index contributed by atoms with van der Waals surface area (Å²) in [6.07, 6.45) is 1.34. The van der Waals surface area contributed by atoms with E-state index in [0.717, 1.165) is 11.9 Å². The molecule has 1 saturated heterocycles. The largest absolute Gasteiger partial charge is 0.449 e. The molecular formula is C22H35F2N3O5S. The molecule has 0 radical (unpaired) electrons. The number of hydrogen-bond acceptors (Lipinski definition) is 6. The number of aldehydes is 1. The van der Waals surface area contributed by atoms with Crippen molar-refractivity contribution in [3.63, 3.8) is 0 Å². The fourth-order valence-electron chi connectivity index (χ4n) is 4.09. The average molecular weight is 492 g/mol. The predicted octanol–water partition coefficient (Wildman–Crippen LogP) is 3.20. The average Bonchev–Trinajstić information content (AvgIpc) is 3.13. The molecule has 2 rings (SSSR count). The van der Waals surface area contributed by atoms with Crippen molar-refractivity contribution in [1.82, 2.24) is 15.4 Å². The predicted molar refractivity (Wildman–Crippen MR) is 121 cm³/mol. The van der Waals surface area contributed by atoms with Crippen molar-refractivity contribution < 1.29 is 32.7 Å². The first-order chi connectivity index (χ1) is 15.4. The Balaban J connectivity index is 1.85. The molecule has 0 spiro atoms. The zero-order valence-electron chi connectivity index (χ0n) is 19.5. The minimum Gasteiger partial charge on any atom is -0.449 e. The molecule has 2 fully saturated rings. The first-order valence-electron chi connectivity index (χ1n) is 11.5. The fourth-order valence-corrected chi connectivity index (χ4v) is 5.03.